The van der Waals surface area contributed by atoms with E-state index in [1.165, 1.54) is 0 Å². The highest BCUT2D eigenvalue weighted by Gasteiger charge is 2.21. The number of hydrogen-bond acceptors (Lipinski definition) is 3. The van der Waals surface area contributed by atoms with Crippen molar-refractivity contribution >= 4 is 17.6 Å². The van der Waals surface area contributed by atoms with Crippen molar-refractivity contribution in [3.8, 4) is 0 Å². The summed E-state index contributed by atoms with van der Waals surface area (Å²) in [7, 11) is 1.79. The fourth-order valence-electron chi connectivity index (χ4n) is 2.06. The van der Waals surface area contributed by atoms with Crippen molar-refractivity contribution in [2.45, 2.75) is 6.92 Å². The van der Waals surface area contributed by atoms with Crippen LogP contribution in [-0.4, -0.2) is 48.6 Å². The lowest BCUT2D eigenvalue weighted by molar-refractivity contribution is -0.129. The summed E-state index contributed by atoms with van der Waals surface area (Å²) >= 11 is 0. The van der Waals surface area contributed by atoms with E-state index in [1.54, 1.807) is 31.0 Å². The summed E-state index contributed by atoms with van der Waals surface area (Å²) in [5, 5.41) is 8.97. The number of carbonyl (C=O) groups excluding carboxylic acids is 1. The average molecular weight is 248 g/mol. The van der Waals surface area contributed by atoms with Gasteiger partial charge in [0.1, 0.15) is 0 Å². The molecule has 0 spiro atoms. The number of rotatable bonds is 2. The highest BCUT2D eigenvalue weighted by atomic mass is 16.4. The number of anilines is 1. The van der Waals surface area contributed by atoms with Crippen LogP contribution in [0.15, 0.2) is 18.2 Å². The van der Waals surface area contributed by atoms with Crippen molar-refractivity contribution in [2.24, 2.45) is 0 Å². The van der Waals surface area contributed by atoms with E-state index >= 15 is 0 Å². The van der Waals surface area contributed by atoms with E-state index in [9.17, 15) is 9.59 Å². The van der Waals surface area contributed by atoms with Gasteiger partial charge in [-0.1, -0.05) is 0 Å². The van der Waals surface area contributed by atoms with Crippen LogP contribution in [0.4, 0.5) is 5.69 Å². The number of hydrogen-bond donors (Lipinski definition) is 1. The smallest absolute Gasteiger partial charge is 0.335 e. The predicted molar refractivity (Wildman–Crippen MR) is 68.0 cm³/mol. The summed E-state index contributed by atoms with van der Waals surface area (Å²) in [5.74, 6) is -0.838. The Morgan fingerprint density at radius 3 is 2.61 bits per heavy atom. The Morgan fingerprint density at radius 2 is 2.06 bits per heavy atom. The van der Waals surface area contributed by atoms with Crippen LogP contribution in [-0.2, 0) is 4.79 Å². The fraction of sp³-hybridized carbons (Fsp3) is 0.385. The number of carbonyl (C=O) groups is 2. The molecule has 1 aliphatic rings. The minimum atomic E-state index is -0.923. The summed E-state index contributed by atoms with van der Waals surface area (Å²) in [4.78, 5) is 26.2. The number of carboxylic acids is 1. The summed E-state index contributed by atoms with van der Waals surface area (Å²) in [6, 6.07) is 5.17. The normalized spacial score (nSPS) is 16.0. The Balaban J connectivity index is 2.22. The number of piperazine rings is 1. The maximum absolute atomic E-state index is 11.6. The Hall–Kier alpha value is -2.04. The Labute approximate surface area is 106 Å². The number of benzene rings is 1. The lowest BCUT2D eigenvalue weighted by Crippen LogP contribution is -2.48. The van der Waals surface area contributed by atoms with Gasteiger partial charge < -0.3 is 14.9 Å². The van der Waals surface area contributed by atoms with Crippen molar-refractivity contribution in [1.82, 2.24) is 4.90 Å². The van der Waals surface area contributed by atoms with Crippen molar-refractivity contribution in [2.75, 3.05) is 31.6 Å². The minimum absolute atomic E-state index is 0.0845. The van der Waals surface area contributed by atoms with Crippen LogP contribution >= 0.6 is 0 Å². The molecule has 0 bridgehead atoms. The zero-order chi connectivity index (χ0) is 13.3. The van der Waals surface area contributed by atoms with Gasteiger partial charge in [-0.3, -0.25) is 4.79 Å². The number of aromatic carboxylic acids is 1. The van der Waals surface area contributed by atoms with Crippen LogP contribution in [0.25, 0.3) is 0 Å². The molecule has 2 rings (SSSR count). The molecule has 1 fully saturated rings. The molecule has 5 nitrogen and oxygen atoms in total. The lowest BCUT2D eigenvalue weighted by Gasteiger charge is -2.33. The van der Waals surface area contributed by atoms with Gasteiger partial charge in [0.2, 0.25) is 5.91 Å². The molecule has 1 heterocycles. The van der Waals surface area contributed by atoms with Crippen molar-refractivity contribution in [1.29, 1.82) is 0 Å². The Bertz CT molecular complexity index is 499. The van der Waals surface area contributed by atoms with Gasteiger partial charge in [-0.05, 0) is 30.7 Å². The molecular weight excluding hydrogens is 232 g/mol. The summed E-state index contributed by atoms with van der Waals surface area (Å²) in [6.07, 6.45) is 0. The van der Waals surface area contributed by atoms with Gasteiger partial charge in [-0.2, -0.15) is 0 Å². The van der Waals surface area contributed by atoms with E-state index in [0.29, 0.717) is 24.2 Å². The first-order valence-corrected chi connectivity index (χ1v) is 5.82. The maximum atomic E-state index is 11.6. The highest BCUT2D eigenvalue weighted by Crippen LogP contribution is 2.20. The van der Waals surface area contributed by atoms with E-state index in [0.717, 1.165) is 12.2 Å². The first-order valence-electron chi connectivity index (χ1n) is 5.82. The van der Waals surface area contributed by atoms with E-state index in [4.69, 9.17) is 5.11 Å². The molecule has 0 aliphatic carbocycles. The second-order valence-electron chi connectivity index (χ2n) is 4.54. The molecule has 0 unspecified atom stereocenters. The third-order valence-corrected chi connectivity index (χ3v) is 3.26. The van der Waals surface area contributed by atoms with Gasteiger partial charge >= 0.3 is 5.97 Å². The lowest BCUT2D eigenvalue weighted by atomic mass is 10.1. The second-order valence-corrected chi connectivity index (χ2v) is 4.54. The van der Waals surface area contributed by atoms with Crippen molar-refractivity contribution < 1.29 is 14.7 Å². The Morgan fingerprint density at radius 1 is 1.33 bits per heavy atom. The number of likely N-dealkylation sites (N-methyl/N-ethyl adjacent to an activating group) is 1. The van der Waals surface area contributed by atoms with Crippen LogP contribution in [0, 0.1) is 6.92 Å². The number of nitrogens with zero attached hydrogens (tertiary/aromatic N) is 2. The summed E-state index contributed by atoms with van der Waals surface area (Å²) in [5.41, 5.74) is 1.92. The molecule has 1 N–H and O–H groups in total. The van der Waals surface area contributed by atoms with Crippen LogP contribution < -0.4 is 4.90 Å². The SMILES string of the molecule is Cc1cc(N2CCN(C)C(=O)C2)ccc1C(=O)O. The monoisotopic (exact) mass is 248 g/mol. The first-order chi connectivity index (χ1) is 8.49. The largest absolute Gasteiger partial charge is 0.478 e. The zero-order valence-corrected chi connectivity index (χ0v) is 10.5. The number of carboxylic acid groups (broad SMARTS) is 1. The molecule has 96 valence electrons. The standard InChI is InChI=1S/C13H16N2O3/c1-9-7-10(3-4-11(9)13(17)18)15-6-5-14(2)12(16)8-15/h3-4,7H,5-6,8H2,1-2H3,(H,17,18). The quantitative estimate of drug-likeness (QED) is 0.847. The Kier molecular flexibility index (Phi) is 3.23. The van der Waals surface area contributed by atoms with E-state index in [2.05, 4.69) is 0 Å². The molecule has 1 aromatic rings. The first kappa shape index (κ1) is 12.4. The van der Waals surface area contributed by atoms with Crippen LogP contribution in [0.2, 0.25) is 0 Å². The molecule has 1 aromatic carbocycles. The van der Waals surface area contributed by atoms with E-state index < -0.39 is 5.97 Å². The second kappa shape index (κ2) is 4.68. The fourth-order valence-corrected chi connectivity index (χ4v) is 2.06. The molecule has 1 saturated heterocycles. The molecule has 1 amide bonds. The number of amides is 1. The summed E-state index contributed by atoms with van der Waals surface area (Å²) < 4.78 is 0. The van der Waals surface area contributed by atoms with Crippen molar-refractivity contribution in [3.05, 3.63) is 29.3 Å². The maximum Gasteiger partial charge on any atom is 0.335 e. The minimum Gasteiger partial charge on any atom is -0.478 e. The van der Waals surface area contributed by atoms with E-state index in [-0.39, 0.29) is 5.91 Å². The van der Waals surface area contributed by atoms with Gasteiger partial charge in [0.15, 0.2) is 0 Å². The van der Waals surface area contributed by atoms with Gasteiger partial charge in [0.25, 0.3) is 0 Å². The van der Waals surface area contributed by atoms with E-state index in [1.807, 2.05) is 11.0 Å². The van der Waals surface area contributed by atoms with Gasteiger partial charge in [0.05, 0.1) is 12.1 Å². The third-order valence-electron chi connectivity index (χ3n) is 3.26. The molecule has 0 aromatic heterocycles. The third kappa shape index (κ3) is 2.30. The molecule has 0 radical (unpaired) electrons. The molecule has 1 aliphatic heterocycles. The number of aryl methyl sites for hydroxylation is 1. The van der Waals surface area contributed by atoms with Crippen LogP contribution in [0.5, 0.6) is 0 Å². The average Bonchev–Trinajstić information content (AvgIpc) is 2.32. The van der Waals surface area contributed by atoms with Gasteiger partial charge in [-0.15, -0.1) is 0 Å². The summed E-state index contributed by atoms with van der Waals surface area (Å²) in [6.45, 7) is 3.58. The molecule has 0 saturated carbocycles. The predicted octanol–water partition coefficient (Wildman–Crippen LogP) is 0.972. The zero-order valence-electron chi connectivity index (χ0n) is 10.5. The topological polar surface area (TPSA) is 60.9 Å². The molecule has 18 heavy (non-hydrogen) atoms. The van der Waals surface area contributed by atoms with Gasteiger partial charge in [-0.25, -0.2) is 4.79 Å². The molecule has 0 atom stereocenters. The van der Waals surface area contributed by atoms with Crippen LogP contribution in [0.1, 0.15) is 15.9 Å². The van der Waals surface area contributed by atoms with Gasteiger partial charge in [0, 0.05) is 25.8 Å². The van der Waals surface area contributed by atoms with Crippen molar-refractivity contribution in [3.63, 3.8) is 0 Å². The molecule has 5 heteroatoms. The molecular formula is C13H16N2O3. The highest BCUT2D eigenvalue weighted by molar-refractivity contribution is 5.90. The van der Waals surface area contributed by atoms with Crippen LogP contribution in [0.3, 0.4) is 0 Å².